The molecule has 5 rings (SSSR count). The summed E-state index contributed by atoms with van der Waals surface area (Å²) in [4.78, 5) is 65.2. The zero-order chi connectivity index (χ0) is 41.0. The third-order valence-electron chi connectivity index (χ3n) is 9.53. The van der Waals surface area contributed by atoms with Crippen LogP contribution in [0.4, 0.5) is 9.59 Å². The average molecular weight is 772 g/mol. The van der Waals surface area contributed by atoms with Crippen molar-refractivity contribution in [3.05, 3.63) is 108 Å². The molecular weight excluding hydrogens is 714 g/mol. The van der Waals surface area contributed by atoms with Gasteiger partial charge in [0.25, 0.3) is 0 Å². The molecular formula is C44H57N3O9. The molecule has 2 aliphatic heterocycles. The quantitative estimate of drug-likeness (QED) is 0.174. The number of ether oxygens (including phenoxy) is 3. The van der Waals surface area contributed by atoms with E-state index in [-0.39, 0.29) is 18.4 Å². The van der Waals surface area contributed by atoms with Gasteiger partial charge in [0.15, 0.2) is 0 Å². The number of aliphatic carboxylic acids is 1. The minimum atomic E-state index is -0.980. The van der Waals surface area contributed by atoms with Crippen molar-refractivity contribution in [1.82, 2.24) is 15.1 Å². The molecule has 3 aromatic carbocycles. The summed E-state index contributed by atoms with van der Waals surface area (Å²) in [6.07, 6.45) is 1.25. The molecule has 3 amide bonds. The molecule has 12 nitrogen and oxygen atoms in total. The number of hydrogen-bond acceptors (Lipinski definition) is 8. The lowest BCUT2D eigenvalue weighted by Gasteiger charge is -2.39. The zero-order valence-electron chi connectivity index (χ0n) is 33.6. The highest BCUT2D eigenvalue weighted by molar-refractivity contribution is 5.90. The lowest BCUT2D eigenvalue weighted by Crippen LogP contribution is -2.56. The topological polar surface area (TPSA) is 152 Å². The van der Waals surface area contributed by atoms with Gasteiger partial charge < -0.3 is 24.6 Å². The van der Waals surface area contributed by atoms with E-state index in [1.807, 2.05) is 91.0 Å². The Bertz CT molecular complexity index is 1760. The molecule has 2 heterocycles. The number of likely N-dealkylation sites (tertiary alicyclic amines) is 2. The minimum absolute atomic E-state index is 0.121. The van der Waals surface area contributed by atoms with Gasteiger partial charge in [-0.05, 0) is 103 Å². The van der Waals surface area contributed by atoms with Crippen LogP contribution in [0, 0.1) is 0 Å². The van der Waals surface area contributed by atoms with Gasteiger partial charge in [-0.15, -0.1) is 0 Å². The van der Waals surface area contributed by atoms with E-state index in [9.17, 15) is 29.1 Å². The first-order chi connectivity index (χ1) is 26.4. The molecule has 2 fully saturated rings. The summed E-state index contributed by atoms with van der Waals surface area (Å²) in [6, 6.07) is 26.7. The smallest absolute Gasteiger partial charge is 0.411 e. The summed E-state index contributed by atoms with van der Waals surface area (Å²) in [5.74, 6) is -1.63. The Labute approximate surface area is 330 Å². The number of esters is 1. The van der Waals surface area contributed by atoms with Crippen LogP contribution in [0.2, 0.25) is 0 Å². The Morgan fingerprint density at radius 1 is 0.679 bits per heavy atom. The molecule has 2 aliphatic rings. The van der Waals surface area contributed by atoms with Gasteiger partial charge in [0.05, 0.1) is 0 Å². The van der Waals surface area contributed by atoms with E-state index in [1.165, 1.54) is 9.80 Å². The Kier molecular flexibility index (Phi) is 15.1. The maximum atomic E-state index is 13.3. The number of rotatable bonds is 8. The van der Waals surface area contributed by atoms with Gasteiger partial charge in [-0.25, -0.2) is 19.2 Å². The SMILES string of the molecule is CC(C)(C)OC(=O)N1CCC(c2ccccc2)CC1C(=O)O.C[C@H](NC(=O)[C@H]1C[C@@H](c2ccccc2)CCN1C(=O)OC(C)(C)C)C(=O)OCc1ccccc1. The van der Waals surface area contributed by atoms with Crippen molar-refractivity contribution in [2.75, 3.05) is 13.1 Å². The van der Waals surface area contributed by atoms with Crippen molar-refractivity contribution in [3.63, 3.8) is 0 Å². The summed E-state index contributed by atoms with van der Waals surface area (Å²) in [7, 11) is 0. The van der Waals surface area contributed by atoms with Gasteiger partial charge in [-0.2, -0.15) is 0 Å². The third kappa shape index (κ3) is 13.1. The molecule has 2 saturated heterocycles. The first-order valence-electron chi connectivity index (χ1n) is 19.2. The van der Waals surface area contributed by atoms with Crippen LogP contribution in [0.15, 0.2) is 91.0 Å². The molecule has 2 N–H and O–H groups in total. The number of nitrogens with zero attached hydrogens (tertiary/aromatic N) is 2. The van der Waals surface area contributed by atoms with Crippen molar-refractivity contribution < 1.29 is 43.3 Å². The van der Waals surface area contributed by atoms with Gasteiger partial charge in [0.1, 0.15) is 35.9 Å². The highest BCUT2D eigenvalue weighted by Crippen LogP contribution is 2.34. The van der Waals surface area contributed by atoms with Crippen LogP contribution >= 0.6 is 0 Å². The lowest BCUT2D eigenvalue weighted by molar-refractivity contribution is -0.149. The number of benzene rings is 3. The van der Waals surface area contributed by atoms with Crippen LogP contribution in [-0.4, -0.2) is 87.4 Å². The summed E-state index contributed by atoms with van der Waals surface area (Å²) in [5, 5.41) is 12.2. The Hall–Kier alpha value is -5.39. The lowest BCUT2D eigenvalue weighted by atomic mass is 9.85. The molecule has 56 heavy (non-hydrogen) atoms. The van der Waals surface area contributed by atoms with Crippen LogP contribution < -0.4 is 5.32 Å². The van der Waals surface area contributed by atoms with Crippen molar-refractivity contribution in [3.8, 4) is 0 Å². The van der Waals surface area contributed by atoms with Gasteiger partial charge >= 0.3 is 24.1 Å². The molecule has 0 bridgehead atoms. The van der Waals surface area contributed by atoms with E-state index >= 15 is 0 Å². The third-order valence-corrected chi connectivity index (χ3v) is 9.53. The summed E-state index contributed by atoms with van der Waals surface area (Å²) >= 11 is 0. The highest BCUT2D eigenvalue weighted by Gasteiger charge is 2.40. The molecule has 302 valence electrons. The number of carboxylic acid groups (broad SMARTS) is 1. The van der Waals surface area contributed by atoms with E-state index in [4.69, 9.17) is 14.2 Å². The Balaban J connectivity index is 0.000000273. The molecule has 0 spiro atoms. The van der Waals surface area contributed by atoms with Crippen molar-refractivity contribution >= 4 is 30.0 Å². The molecule has 3 aromatic rings. The van der Waals surface area contributed by atoms with Crippen LogP contribution in [0.5, 0.6) is 0 Å². The number of carbonyl (C=O) groups is 5. The van der Waals surface area contributed by atoms with Gasteiger partial charge in [0, 0.05) is 13.1 Å². The van der Waals surface area contributed by atoms with Crippen molar-refractivity contribution in [2.24, 2.45) is 0 Å². The summed E-state index contributed by atoms with van der Waals surface area (Å²) in [6.45, 7) is 13.2. The first kappa shape index (κ1) is 43.3. The Morgan fingerprint density at radius 2 is 1.09 bits per heavy atom. The molecule has 0 radical (unpaired) electrons. The largest absolute Gasteiger partial charge is 0.480 e. The fraction of sp³-hybridized carbons (Fsp3) is 0.477. The second kappa shape index (κ2) is 19.5. The van der Waals surface area contributed by atoms with Crippen LogP contribution in [0.3, 0.4) is 0 Å². The Morgan fingerprint density at radius 3 is 1.52 bits per heavy atom. The second-order valence-electron chi connectivity index (χ2n) is 16.3. The average Bonchev–Trinajstić information content (AvgIpc) is 3.16. The summed E-state index contributed by atoms with van der Waals surface area (Å²) < 4.78 is 16.2. The van der Waals surface area contributed by atoms with Gasteiger partial charge in [-0.3, -0.25) is 14.6 Å². The number of carboxylic acids is 1. The molecule has 0 aliphatic carbocycles. The van der Waals surface area contributed by atoms with Crippen LogP contribution in [0.1, 0.15) is 103 Å². The first-order valence-corrected chi connectivity index (χ1v) is 19.2. The van der Waals surface area contributed by atoms with E-state index < -0.39 is 59.4 Å². The number of piperidine rings is 2. The predicted octanol–water partition coefficient (Wildman–Crippen LogP) is 7.67. The number of carbonyl (C=O) groups excluding carboxylic acids is 4. The second-order valence-corrected chi connectivity index (χ2v) is 16.3. The number of hydrogen-bond donors (Lipinski definition) is 2. The maximum Gasteiger partial charge on any atom is 0.411 e. The van der Waals surface area contributed by atoms with E-state index in [1.54, 1.807) is 48.5 Å². The van der Waals surface area contributed by atoms with Crippen LogP contribution in [0.25, 0.3) is 0 Å². The predicted molar refractivity (Wildman–Crippen MR) is 212 cm³/mol. The highest BCUT2D eigenvalue weighted by atomic mass is 16.6. The van der Waals surface area contributed by atoms with E-state index in [0.29, 0.717) is 25.9 Å². The van der Waals surface area contributed by atoms with Crippen molar-refractivity contribution in [2.45, 2.75) is 122 Å². The standard InChI is InChI=1S/C27H34N2O5.C17H23NO4/c1-19(25(31)33-18-20-11-7-5-8-12-20)28-24(30)23-17-22(21-13-9-6-10-14-21)15-16-29(23)26(32)34-27(2,3)4;1-17(2,3)22-16(21)18-10-9-13(11-14(18)15(19)20)12-7-5-4-6-8-12/h5-14,19,22-23H,15-18H2,1-4H3,(H,28,30);4-8,13-14H,9-11H2,1-3H3,(H,19,20)/t19-,22-,23+;/m0./s1. The maximum absolute atomic E-state index is 13.3. The van der Waals surface area contributed by atoms with Crippen molar-refractivity contribution in [1.29, 1.82) is 0 Å². The van der Waals surface area contributed by atoms with Gasteiger partial charge in [-0.1, -0.05) is 91.0 Å². The molecule has 5 atom stereocenters. The molecule has 0 aromatic heterocycles. The number of amides is 3. The van der Waals surface area contributed by atoms with Crippen LogP contribution in [-0.2, 0) is 35.2 Å². The van der Waals surface area contributed by atoms with E-state index in [0.717, 1.165) is 29.5 Å². The molecule has 2 unspecified atom stereocenters. The normalized spacial score (nSPS) is 20.3. The summed E-state index contributed by atoms with van der Waals surface area (Å²) in [5.41, 5.74) is 1.81. The fourth-order valence-corrected chi connectivity index (χ4v) is 6.77. The zero-order valence-corrected chi connectivity index (χ0v) is 33.6. The molecule has 12 heteroatoms. The molecule has 0 saturated carbocycles. The minimum Gasteiger partial charge on any atom is -0.480 e. The van der Waals surface area contributed by atoms with Gasteiger partial charge in [0.2, 0.25) is 5.91 Å². The fourth-order valence-electron chi connectivity index (χ4n) is 6.77. The monoisotopic (exact) mass is 771 g/mol. The van der Waals surface area contributed by atoms with E-state index in [2.05, 4.69) is 5.32 Å². The number of nitrogens with one attached hydrogen (secondary N) is 1.